The Labute approximate surface area is 231 Å². The Morgan fingerprint density at radius 2 is 1.70 bits per heavy atom. The summed E-state index contributed by atoms with van der Waals surface area (Å²) >= 11 is 0. The van der Waals surface area contributed by atoms with Gasteiger partial charge >= 0.3 is 6.18 Å². The molecule has 1 aliphatic carbocycles. The van der Waals surface area contributed by atoms with Gasteiger partial charge < -0.3 is 10.2 Å². The van der Waals surface area contributed by atoms with Gasteiger partial charge in [-0.3, -0.25) is 14.4 Å². The van der Waals surface area contributed by atoms with Crippen molar-refractivity contribution < 1.29 is 36.0 Å². The third kappa shape index (κ3) is 7.10. The Hall–Kier alpha value is -3.22. The maximum atomic E-state index is 13.5. The second-order valence-corrected chi connectivity index (χ2v) is 12.8. The van der Waals surface area contributed by atoms with Gasteiger partial charge in [-0.2, -0.15) is 18.3 Å². The fraction of sp³-hybridized carbons (Fsp3) is 0.556. The first kappa shape index (κ1) is 29.8. The molecule has 1 atom stereocenters. The standard InChI is InChI=1S/C27H33F3N4O5S/c1-33(21-13-15-40(38,39)17-21)26(37)19-11-9-18(10-12-19)23(35)8-5-14-31-25(36)22-16-34(20-6-3-2-4-7-20)32-24(22)27(28,29)30/h2-4,6-7,16,18-19,21H,5,8-15,17H2,1H3,(H,31,36). The molecule has 1 aliphatic heterocycles. The van der Waals surface area contributed by atoms with Crippen molar-refractivity contribution in [2.75, 3.05) is 25.1 Å². The number of hydrogen-bond donors (Lipinski definition) is 1. The summed E-state index contributed by atoms with van der Waals surface area (Å²) < 4.78 is 65.1. The molecular weight excluding hydrogens is 549 g/mol. The highest BCUT2D eigenvalue weighted by molar-refractivity contribution is 7.91. The third-order valence-corrected chi connectivity index (χ3v) is 9.52. The maximum Gasteiger partial charge on any atom is 0.435 e. The van der Waals surface area contributed by atoms with E-state index in [0.717, 1.165) is 10.9 Å². The summed E-state index contributed by atoms with van der Waals surface area (Å²) in [6, 6.07) is 7.86. The Balaban J connectivity index is 1.23. The van der Waals surface area contributed by atoms with Crippen LogP contribution in [-0.4, -0.2) is 71.8 Å². The summed E-state index contributed by atoms with van der Waals surface area (Å²) in [5.41, 5.74) is -1.49. The number of rotatable bonds is 9. The molecule has 0 spiro atoms. The third-order valence-electron chi connectivity index (χ3n) is 7.77. The van der Waals surface area contributed by atoms with Crippen molar-refractivity contribution >= 4 is 27.4 Å². The van der Waals surface area contributed by atoms with Crippen molar-refractivity contribution in [2.45, 2.75) is 57.2 Å². The molecule has 9 nitrogen and oxygen atoms in total. The van der Waals surface area contributed by atoms with Crippen LogP contribution in [-0.2, 0) is 25.6 Å². The van der Waals surface area contributed by atoms with Gasteiger partial charge in [-0.15, -0.1) is 0 Å². The van der Waals surface area contributed by atoms with Gasteiger partial charge in [0.15, 0.2) is 15.5 Å². The van der Waals surface area contributed by atoms with Crippen LogP contribution in [0.4, 0.5) is 13.2 Å². The van der Waals surface area contributed by atoms with E-state index in [1.165, 1.54) is 0 Å². The molecule has 2 amide bonds. The maximum absolute atomic E-state index is 13.5. The highest BCUT2D eigenvalue weighted by Crippen LogP contribution is 2.33. The first-order chi connectivity index (χ1) is 18.9. The predicted molar refractivity (Wildman–Crippen MR) is 140 cm³/mol. The number of Topliss-reactive ketones (excluding diaryl/α,β-unsaturated/α-hetero) is 1. The molecule has 2 aromatic rings. The van der Waals surface area contributed by atoms with Crippen LogP contribution in [0, 0.1) is 11.8 Å². The number of halogens is 3. The van der Waals surface area contributed by atoms with Crippen molar-refractivity contribution in [2.24, 2.45) is 11.8 Å². The lowest BCUT2D eigenvalue weighted by atomic mass is 9.78. The number of benzene rings is 1. The van der Waals surface area contributed by atoms with E-state index < -0.39 is 33.2 Å². The second kappa shape index (κ2) is 12.1. The van der Waals surface area contributed by atoms with E-state index in [0.29, 0.717) is 37.8 Å². The minimum absolute atomic E-state index is 0.00302. The molecule has 1 unspecified atom stereocenters. The lowest BCUT2D eigenvalue weighted by molar-refractivity contribution is -0.141. The van der Waals surface area contributed by atoms with Crippen molar-refractivity contribution in [1.29, 1.82) is 0 Å². The minimum Gasteiger partial charge on any atom is -0.352 e. The topological polar surface area (TPSA) is 118 Å². The Kier molecular flexibility index (Phi) is 9.01. The first-order valence-corrected chi connectivity index (χ1v) is 15.2. The van der Waals surface area contributed by atoms with Crippen molar-refractivity contribution in [1.82, 2.24) is 20.0 Å². The number of carbonyl (C=O) groups is 3. The van der Waals surface area contributed by atoms with Crippen LogP contribution in [0.3, 0.4) is 0 Å². The van der Waals surface area contributed by atoms with E-state index in [4.69, 9.17) is 0 Å². The van der Waals surface area contributed by atoms with E-state index in [9.17, 15) is 36.0 Å². The number of alkyl halides is 3. The Bertz CT molecular complexity index is 1340. The molecule has 40 heavy (non-hydrogen) atoms. The van der Waals surface area contributed by atoms with E-state index in [2.05, 4.69) is 10.4 Å². The number of ketones is 1. The Morgan fingerprint density at radius 3 is 2.30 bits per heavy atom. The number of nitrogens with one attached hydrogen (secondary N) is 1. The molecule has 2 aliphatic rings. The molecule has 0 bridgehead atoms. The molecule has 0 radical (unpaired) electrons. The smallest absolute Gasteiger partial charge is 0.352 e. The fourth-order valence-electron chi connectivity index (χ4n) is 5.44. The summed E-state index contributed by atoms with van der Waals surface area (Å²) in [6.07, 6.45) is -0.702. The molecular formula is C27H33F3N4O5S. The summed E-state index contributed by atoms with van der Waals surface area (Å²) in [7, 11) is -1.45. The number of para-hydroxylation sites is 1. The average Bonchev–Trinajstić information content (AvgIpc) is 3.54. The van der Waals surface area contributed by atoms with Gasteiger partial charge in [0.2, 0.25) is 5.91 Å². The fourth-order valence-corrected chi connectivity index (χ4v) is 7.21. The number of sulfone groups is 1. The van der Waals surface area contributed by atoms with E-state index in [-0.39, 0.29) is 60.5 Å². The molecule has 2 heterocycles. The number of amides is 2. The zero-order valence-corrected chi connectivity index (χ0v) is 23.0. The monoisotopic (exact) mass is 582 g/mol. The molecule has 1 saturated carbocycles. The van der Waals surface area contributed by atoms with Crippen LogP contribution in [0.5, 0.6) is 0 Å². The van der Waals surface area contributed by atoms with E-state index in [1.807, 2.05) is 0 Å². The van der Waals surface area contributed by atoms with Crippen molar-refractivity contribution in [3.63, 3.8) is 0 Å². The van der Waals surface area contributed by atoms with Gasteiger partial charge in [-0.25, -0.2) is 13.1 Å². The molecule has 4 rings (SSSR count). The van der Waals surface area contributed by atoms with E-state index in [1.54, 1.807) is 42.3 Å². The molecule has 1 saturated heterocycles. The van der Waals surface area contributed by atoms with Gasteiger partial charge in [0.05, 0.1) is 22.8 Å². The number of hydrogen-bond acceptors (Lipinski definition) is 6. The molecule has 13 heteroatoms. The summed E-state index contributed by atoms with van der Waals surface area (Å²) in [5, 5.41) is 6.04. The summed E-state index contributed by atoms with van der Waals surface area (Å²) in [4.78, 5) is 39.7. The van der Waals surface area contributed by atoms with Crippen LogP contribution in [0.1, 0.15) is 61.0 Å². The zero-order valence-electron chi connectivity index (χ0n) is 22.2. The second-order valence-electron chi connectivity index (χ2n) is 10.5. The zero-order chi connectivity index (χ0) is 29.1. The SMILES string of the molecule is CN(C(=O)C1CCC(C(=O)CCCNC(=O)c2cn(-c3ccccc3)nc2C(F)(F)F)CC1)C1CCS(=O)(=O)C1. The Morgan fingerprint density at radius 1 is 1.05 bits per heavy atom. The summed E-state index contributed by atoms with van der Waals surface area (Å²) in [6.45, 7) is 0.0291. The number of nitrogens with zero attached hydrogens (tertiary/aromatic N) is 3. The molecule has 1 aromatic carbocycles. The van der Waals surface area contributed by atoms with Crippen LogP contribution in [0.2, 0.25) is 0 Å². The van der Waals surface area contributed by atoms with Crippen molar-refractivity contribution in [3.05, 3.63) is 47.8 Å². The van der Waals surface area contributed by atoms with Gasteiger partial charge in [0.1, 0.15) is 5.78 Å². The van der Waals surface area contributed by atoms with Gasteiger partial charge in [0.25, 0.3) is 5.91 Å². The number of aromatic nitrogens is 2. The molecule has 218 valence electrons. The lowest BCUT2D eigenvalue weighted by Crippen LogP contribution is -2.42. The lowest BCUT2D eigenvalue weighted by Gasteiger charge is -2.32. The van der Waals surface area contributed by atoms with Crippen LogP contribution in [0.25, 0.3) is 5.69 Å². The highest BCUT2D eigenvalue weighted by Gasteiger charge is 2.40. The molecule has 2 fully saturated rings. The van der Waals surface area contributed by atoms with Gasteiger partial charge in [0, 0.05) is 44.1 Å². The van der Waals surface area contributed by atoms with Crippen LogP contribution in [0.15, 0.2) is 36.5 Å². The number of carbonyl (C=O) groups excluding carboxylic acids is 3. The first-order valence-electron chi connectivity index (χ1n) is 13.4. The minimum atomic E-state index is -4.81. The van der Waals surface area contributed by atoms with Crippen LogP contribution < -0.4 is 5.32 Å². The molecule has 1 aromatic heterocycles. The predicted octanol–water partition coefficient (Wildman–Crippen LogP) is 3.42. The van der Waals surface area contributed by atoms with Crippen LogP contribution >= 0.6 is 0 Å². The van der Waals surface area contributed by atoms with Gasteiger partial charge in [-0.05, 0) is 50.7 Å². The van der Waals surface area contributed by atoms with Gasteiger partial charge in [-0.1, -0.05) is 18.2 Å². The van der Waals surface area contributed by atoms with Crippen molar-refractivity contribution in [3.8, 4) is 5.69 Å². The largest absolute Gasteiger partial charge is 0.435 e. The quantitative estimate of drug-likeness (QED) is 0.453. The molecule has 1 N–H and O–H groups in total. The van der Waals surface area contributed by atoms with E-state index >= 15 is 0 Å². The average molecular weight is 583 g/mol. The normalized spacial score (nSPS) is 22.6. The summed E-state index contributed by atoms with van der Waals surface area (Å²) in [5.74, 6) is -1.35. The highest BCUT2D eigenvalue weighted by atomic mass is 32.2.